The number of rotatable bonds is 3. The summed E-state index contributed by atoms with van der Waals surface area (Å²) >= 11 is 0. The van der Waals surface area contributed by atoms with Gasteiger partial charge in [-0.15, -0.1) is 0 Å². The highest BCUT2D eigenvalue weighted by Gasteiger charge is 2.28. The van der Waals surface area contributed by atoms with Gasteiger partial charge in [-0.05, 0) is 38.1 Å². The summed E-state index contributed by atoms with van der Waals surface area (Å²) in [4.78, 5) is 2.76. The fraction of sp³-hybridized carbons (Fsp3) is 1.00. The van der Waals surface area contributed by atoms with Gasteiger partial charge in [0.25, 0.3) is 0 Å². The SMILES string of the molecule is CCNC1CCN(C2CCCC(C)CC2)C1. The van der Waals surface area contributed by atoms with Gasteiger partial charge in [-0.1, -0.05) is 26.7 Å². The van der Waals surface area contributed by atoms with Gasteiger partial charge in [0.1, 0.15) is 0 Å². The Balaban J connectivity index is 1.79. The van der Waals surface area contributed by atoms with Crippen LogP contribution in [-0.2, 0) is 0 Å². The van der Waals surface area contributed by atoms with Crippen LogP contribution in [0.4, 0.5) is 0 Å². The van der Waals surface area contributed by atoms with E-state index in [4.69, 9.17) is 0 Å². The molecule has 2 fully saturated rings. The largest absolute Gasteiger partial charge is 0.313 e. The summed E-state index contributed by atoms with van der Waals surface area (Å²) in [7, 11) is 0. The average Bonchev–Trinajstić information content (AvgIpc) is 2.62. The van der Waals surface area contributed by atoms with Crippen molar-refractivity contribution in [2.45, 2.75) is 64.5 Å². The van der Waals surface area contributed by atoms with Crippen LogP contribution in [0.2, 0.25) is 0 Å². The van der Waals surface area contributed by atoms with Gasteiger partial charge in [0.2, 0.25) is 0 Å². The third-order valence-electron chi connectivity index (χ3n) is 4.46. The van der Waals surface area contributed by atoms with Crippen molar-refractivity contribution in [2.75, 3.05) is 19.6 Å². The van der Waals surface area contributed by atoms with Gasteiger partial charge in [0.15, 0.2) is 0 Å². The van der Waals surface area contributed by atoms with E-state index < -0.39 is 0 Å². The molecule has 1 N–H and O–H groups in total. The van der Waals surface area contributed by atoms with Crippen molar-refractivity contribution in [3.63, 3.8) is 0 Å². The predicted molar refractivity (Wildman–Crippen MR) is 69.7 cm³/mol. The topological polar surface area (TPSA) is 15.3 Å². The maximum Gasteiger partial charge on any atom is 0.0207 e. The van der Waals surface area contributed by atoms with Gasteiger partial charge in [-0.25, -0.2) is 0 Å². The van der Waals surface area contributed by atoms with Crippen LogP contribution >= 0.6 is 0 Å². The molecular weight excluding hydrogens is 196 g/mol. The Bertz CT molecular complexity index is 205. The molecule has 0 bridgehead atoms. The summed E-state index contributed by atoms with van der Waals surface area (Å²) in [6.45, 7) is 8.40. The predicted octanol–water partition coefficient (Wildman–Crippen LogP) is 2.64. The number of hydrogen-bond acceptors (Lipinski definition) is 2. The standard InChI is InChI=1S/C14H28N2/c1-3-15-13-9-10-16(11-13)14-6-4-5-12(2)7-8-14/h12-15H,3-11H2,1-2H3. The lowest BCUT2D eigenvalue weighted by atomic mass is 10.0. The van der Waals surface area contributed by atoms with Crippen molar-refractivity contribution in [1.29, 1.82) is 0 Å². The molecular formula is C14H28N2. The zero-order chi connectivity index (χ0) is 11.4. The number of nitrogens with one attached hydrogen (secondary N) is 1. The van der Waals surface area contributed by atoms with Crippen LogP contribution in [0.5, 0.6) is 0 Å². The summed E-state index contributed by atoms with van der Waals surface area (Å²) in [5, 5.41) is 3.60. The number of nitrogens with zero attached hydrogens (tertiary/aromatic N) is 1. The fourth-order valence-electron chi connectivity index (χ4n) is 3.41. The molecule has 3 unspecified atom stereocenters. The van der Waals surface area contributed by atoms with Crippen LogP contribution in [0.25, 0.3) is 0 Å². The molecule has 1 saturated carbocycles. The Labute approximate surface area is 101 Å². The Morgan fingerprint density at radius 1 is 1.12 bits per heavy atom. The summed E-state index contributed by atoms with van der Waals surface area (Å²) in [5.41, 5.74) is 0. The lowest BCUT2D eigenvalue weighted by molar-refractivity contribution is 0.215. The molecule has 0 spiro atoms. The smallest absolute Gasteiger partial charge is 0.0207 e. The molecule has 2 rings (SSSR count). The maximum absolute atomic E-state index is 3.60. The number of likely N-dealkylation sites (N-methyl/N-ethyl adjacent to an activating group) is 1. The minimum atomic E-state index is 0.769. The van der Waals surface area contributed by atoms with Crippen molar-refractivity contribution < 1.29 is 0 Å². The summed E-state index contributed by atoms with van der Waals surface area (Å²) in [6.07, 6.45) is 8.62. The van der Waals surface area contributed by atoms with E-state index in [1.807, 2.05) is 0 Å². The third-order valence-corrected chi connectivity index (χ3v) is 4.46. The van der Waals surface area contributed by atoms with E-state index in [1.54, 1.807) is 0 Å². The highest BCUT2D eigenvalue weighted by Crippen LogP contribution is 2.27. The zero-order valence-electron chi connectivity index (χ0n) is 11.0. The van der Waals surface area contributed by atoms with Crippen LogP contribution in [0.15, 0.2) is 0 Å². The first kappa shape index (κ1) is 12.4. The number of likely N-dealkylation sites (tertiary alicyclic amines) is 1. The summed E-state index contributed by atoms with van der Waals surface area (Å²) in [5.74, 6) is 0.970. The lowest BCUT2D eigenvalue weighted by Gasteiger charge is -2.26. The van der Waals surface area contributed by atoms with Gasteiger partial charge in [0.05, 0.1) is 0 Å². The Morgan fingerprint density at radius 3 is 2.81 bits per heavy atom. The molecule has 0 radical (unpaired) electrons. The van der Waals surface area contributed by atoms with E-state index in [2.05, 4.69) is 24.1 Å². The molecule has 1 saturated heterocycles. The van der Waals surface area contributed by atoms with Gasteiger partial charge < -0.3 is 5.32 Å². The molecule has 0 aromatic carbocycles. The van der Waals surface area contributed by atoms with Crippen molar-refractivity contribution in [1.82, 2.24) is 10.2 Å². The maximum atomic E-state index is 3.60. The molecule has 1 heterocycles. The lowest BCUT2D eigenvalue weighted by Crippen LogP contribution is -2.37. The van der Waals surface area contributed by atoms with Crippen LogP contribution < -0.4 is 5.32 Å². The monoisotopic (exact) mass is 224 g/mol. The number of hydrogen-bond donors (Lipinski definition) is 1. The van der Waals surface area contributed by atoms with E-state index in [0.717, 1.165) is 24.5 Å². The minimum absolute atomic E-state index is 0.769. The molecule has 94 valence electrons. The van der Waals surface area contributed by atoms with E-state index in [-0.39, 0.29) is 0 Å². The molecule has 2 nitrogen and oxygen atoms in total. The average molecular weight is 224 g/mol. The Hall–Kier alpha value is -0.0800. The van der Waals surface area contributed by atoms with E-state index >= 15 is 0 Å². The van der Waals surface area contributed by atoms with Crippen LogP contribution in [0, 0.1) is 5.92 Å². The van der Waals surface area contributed by atoms with Crippen LogP contribution in [0.3, 0.4) is 0 Å². The molecule has 2 aliphatic rings. The quantitative estimate of drug-likeness (QED) is 0.741. The van der Waals surface area contributed by atoms with E-state index in [1.165, 1.54) is 51.6 Å². The minimum Gasteiger partial charge on any atom is -0.313 e. The van der Waals surface area contributed by atoms with Gasteiger partial charge in [-0.3, -0.25) is 4.90 Å². The molecule has 0 aromatic rings. The van der Waals surface area contributed by atoms with Crippen molar-refractivity contribution in [2.24, 2.45) is 5.92 Å². The van der Waals surface area contributed by atoms with E-state index in [0.29, 0.717) is 0 Å². The molecule has 3 atom stereocenters. The van der Waals surface area contributed by atoms with Crippen molar-refractivity contribution in [3.05, 3.63) is 0 Å². The van der Waals surface area contributed by atoms with Crippen molar-refractivity contribution in [3.8, 4) is 0 Å². The van der Waals surface area contributed by atoms with Crippen LogP contribution in [0.1, 0.15) is 52.4 Å². The summed E-state index contributed by atoms with van der Waals surface area (Å²) < 4.78 is 0. The molecule has 1 aliphatic carbocycles. The highest BCUT2D eigenvalue weighted by atomic mass is 15.2. The molecule has 0 aromatic heterocycles. The zero-order valence-corrected chi connectivity index (χ0v) is 11.0. The van der Waals surface area contributed by atoms with Crippen molar-refractivity contribution >= 4 is 0 Å². The third kappa shape index (κ3) is 3.21. The second kappa shape index (κ2) is 6.02. The molecule has 16 heavy (non-hydrogen) atoms. The van der Waals surface area contributed by atoms with Gasteiger partial charge >= 0.3 is 0 Å². The van der Waals surface area contributed by atoms with Gasteiger partial charge in [-0.2, -0.15) is 0 Å². The molecule has 2 heteroatoms. The normalized spacial score (nSPS) is 37.5. The first-order valence-electron chi connectivity index (χ1n) is 7.27. The molecule has 0 amide bonds. The Kier molecular flexibility index (Phi) is 4.66. The second-order valence-corrected chi connectivity index (χ2v) is 5.81. The van der Waals surface area contributed by atoms with E-state index in [9.17, 15) is 0 Å². The van der Waals surface area contributed by atoms with Crippen LogP contribution in [-0.4, -0.2) is 36.6 Å². The first-order chi connectivity index (χ1) is 7.79. The summed E-state index contributed by atoms with van der Waals surface area (Å²) in [6, 6.07) is 1.67. The first-order valence-corrected chi connectivity index (χ1v) is 7.27. The Morgan fingerprint density at radius 2 is 2.00 bits per heavy atom. The highest BCUT2D eigenvalue weighted by molar-refractivity contribution is 4.86. The second-order valence-electron chi connectivity index (χ2n) is 5.81. The fourth-order valence-corrected chi connectivity index (χ4v) is 3.41. The van der Waals surface area contributed by atoms with Gasteiger partial charge in [0, 0.05) is 25.2 Å². The molecule has 1 aliphatic heterocycles.